The zero-order chi connectivity index (χ0) is 13.4. The maximum atomic E-state index is 9.00. The van der Waals surface area contributed by atoms with E-state index in [1.54, 1.807) is 12.3 Å². The van der Waals surface area contributed by atoms with Gasteiger partial charge >= 0.3 is 0 Å². The Morgan fingerprint density at radius 1 is 1.26 bits per heavy atom. The number of nitrogens with two attached hydrogens (primary N) is 1. The van der Waals surface area contributed by atoms with Gasteiger partial charge in [0.25, 0.3) is 0 Å². The van der Waals surface area contributed by atoms with Crippen molar-refractivity contribution in [1.29, 1.82) is 5.26 Å². The van der Waals surface area contributed by atoms with Gasteiger partial charge in [-0.05, 0) is 29.3 Å². The summed E-state index contributed by atoms with van der Waals surface area (Å²) >= 11 is 6.21. The second kappa shape index (κ2) is 4.45. The van der Waals surface area contributed by atoms with Gasteiger partial charge in [-0.3, -0.25) is 0 Å². The molecule has 0 unspecified atom stereocenters. The maximum absolute atomic E-state index is 9.00. The van der Waals surface area contributed by atoms with Crippen molar-refractivity contribution < 1.29 is 0 Å². The molecule has 0 bridgehead atoms. The maximum Gasteiger partial charge on any atom is 0.149 e. The number of aromatic nitrogens is 1. The van der Waals surface area contributed by atoms with Gasteiger partial charge in [0.2, 0.25) is 0 Å². The Kier molecular flexibility index (Phi) is 2.77. The second-order valence-corrected chi connectivity index (χ2v) is 4.87. The Morgan fingerprint density at radius 3 is 2.84 bits per heavy atom. The molecule has 0 fully saturated rings. The molecule has 1 aromatic carbocycles. The van der Waals surface area contributed by atoms with E-state index in [9.17, 15) is 0 Å². The summed E-state index contributed by atoms with van der Waals surface area (Å²) in [5.41, 5.74) is 9.39. The molecule has 0 radical (unpaired) electrons. The lowest BCUT2D eigenvalue weighted by molar-refractivity contribution is 0.856. The predicted molar refractivity (Wildman–Crippen MR) is 74.7 cm³/mol. The molecule has 2 N–H and O–H groups in total. The van der Waals surface area contributed by atoms with Crippen LogP contribution in [0.1, 0.15) is 16.7 Å². The molecule has 2 heterocycles. The number of halogens is 1. The van der Waals surface area contributed by atoms with E-state index in [-0.39, 0.29) is 0 Å². The predicted octanol–water partition coefficient (Wildman–Crippen LogP) is 2.71. The van der Waals surface area contributed by atoms with Crippen LogP contribution in [0.25, 0.3) is 0 Å². The van der Waals surface area contributed by atoms with Crippen molar-refractivity contribution in [3.63, 3.8) is 0 Å². The van der Waals surface area contributed by atoms with E-state index in [2.05, 4.69) is 11.1 Å². The van der Waals surface area contributed by atoms with Crippen LogP contribution in [0, 0.1) is 11.3 Å². The Balaban J connectivity index is 1.97. The molecule has 5 heteroatoms. The topological polar surface area (TPSA) is 65.9 Å². The van der Waals surface area contributed by atoms with E-state index in [1.807, 2.05) is 23.1 Å². The normalized spacial score (nSPS) is 13.2. The average molecular weight is 271 g/mol. The zero-order valence-corrected chi connectivity index (χ0v) is 10.9. The number of pyridine rings is 1. The fourth-order valence-electron chi connectivity index (χ4n) is 2.30. The van der Waals surface area contributed by atoms with Crippen LogP contribution in [-0.2, 0) is 13.1 Å². The van der Waals surface area contributed by atoms with Crippen LogP contribution in [0.15, 0.2) is 30.5 Å². The van der Waals surface area contributed by atoms with Gasteiger partial charge in [-0.25, -0.2) is 4.98 Å². The highest BCUT2D eigenvalue weighted by atomic mass is 35.5. The number of benzene rings is 1. The number of nitrogens with zero attached hydrogens (tertiary/aromatic N) is 3. The highest BCUT2D eigenvalue weighted by Gasteiger charge is 2.23. The van der Waals surface area contributed by atoms with E-state index in [0.29, 0.717) is 22.9 Å². The van der Waals surface area contributed by atoms with Gasteiger partial charge in [-0.2, -0.15) is 5.26 Å². The first-order valence-electron chi connectivity index (χ1n) is 5.86. The lowest BCUT2D eigenvalue weighted by Crippen LogP contribution is -2.16. The molecule has 2 aromatic rings. The first-order chi connectivity index (χ1) is 9.19. The molecule has 0 aliphatic carbocycles. The number of hydrogen-bond donors (Lipinski definition) is 1. The Labute approximate surface area is 116 Å². The van der Waals surface area contributed by atoms with Gasteiger partial charge in [0.1, 0.15) is 16.9 Å². The van der Waals surface area contributed by atoms with Crippen molar-refractivity contribution >= 4 is 23.1 Å². The number of hydrogen-bond acceptors (Lipinski definition) is 4. The van der Waals surface area contributed by atoms with Crippen LogP contribution in [0.3, 0.4) is 0 Å². The highest BCUT2D eigenvalue weighted by Crippen LogP contribution is 2.33. The minimum absolute atomic E-state index is 0.408. The van der Waals surface area contributed by atoms with Crippen molar-refractivity contribution in [2.75, 3.05) is 10.6 Å². The van der Waals surface area contributed by atoms with Gasteiger partial charge in [0.15, 0.2) is 0 Å². The van der Waals surface area contributed by atoms with Crippen molar-refractivity contribution in [3.05, 3.63) is 52.2 Å². The van der Waals surface area contributed by atoms with Crippen LogP contribution in [-0.4, -0.2) is 4.98 Å². The molecule has 0 spiro atoms. The number of nitriles is 1. The molecular formula is C14H11ClN4. The highest BCUT2D eigenvalue weighted by molar-refractivity contribution is 6.34. The summed E-state index contributed by atoms with van der Waals surface area (Å²) in [7, 11) is 0. The van der Waals surface area contributed by atoms with Crippen molar-refractivity contribution in [2.24, 2.45) is 0 Å². The monoisotopic (exact) mass is 270 g/mol. The third kappa shape index (κ3) is 1.98. The van der Waals surface area contributed by atoms with Crippen molar-refractivity contribution in [1.82, 2.24) is 4.98 Å². The van der Waals surface area contributed by atoms with Gasteiger partial charge in [-0.1, -0.05) is 17.7 Å². The van der Waals surface area contributed by atoms with Crippen LogP contribution in [0.2, 0.25) is 5.02 Å². The Bertz CT molecular complexity index is 690. The Morgan fingerprint density at radius 2 is 2.05 bits per heavy atom. The zero-order valence-electron chi connectivity index (χ0n) is 10.1. The lowest BCUT2D eigenvalue weighted by Gasteiger charge is -2.17. The molecule has 1 aliphatic heterocycles. The molecule has 0 saturated heterocycles. The minimum atomic E-state index is 0.408. The van der Waals surface area contributed by atoms with E-state index in [4.69, 9.17) is 22.6 Å². The van der Waals surface area contributed by atoms with Gasteiger partial charge in [0.05, 0.1) is 5.56 Å². The molecule has 94 valence electrons. The minimum Gasteiger partial charge on any atom is -0.399 e. The van der Waals surface area contributed by atoms with Gasteiger partial charge in [-0.15, -0.1) is 0 Å². The van der Waals surface area contributed by atoms with E-state index >= 15 is 0 Å². The summed E-state index contributed by atoms with van der Waals surface area (Å²) < 4.78 is 0. The fourth-order valence-corrected chi connectivity index (χ4v) is 2.58. The molecule has 0 atom stereocenters. The molecule has 4 nitrogen and oxygen atoms in total. The third-order valence-electron chi connectivity index (χ3n) is 3.24. The first-order valence-corrected chi connectivity index (χ1v) is 6.23. The van der Waals surface area contributed by atoms with E-state index in [1.165, 1.54) is 11.1 Å². The smallest absolute Gasteiger partial charge is 0.149 e. The standard InChI is InChI=1S/C14H11ClN4/c15-13-9(6-16)3-4-18-14(13)19-7-10-1-2-12(17)5-11(10)8-19/h1-5H,7-8,17H2. The summed E-state index contributed by atoms with van der Waals surface area (Å²) in [4.78, 5) is 6.33. The molecule has 0 amide bonds. The van der Waals surface area contributed by atoms with Crippen LogP contribution in [0.4, 0.5) is 11.5 Å². The molecule has 3 rings (SSSR count). The average Bonchev–Trinajstić information content (AvgIpc) is 2.81. The molecule has 1 aliphatic rings. The second-order valence-electron chi connectivity index (χ2n) is 4.49. The lowest BCUT2D eigenvalue weighted by atomic mass is 10.1. The van der Waals surface area contributed by atoms with Crippen molar-refractivity contribution in [2.45, 2.75) is 13.1 Å². The van der Waals surface area contributed by atoms with Crippen LogP contribution >= 0.6 is 11.6 Å². The summed E-state index contributed by atoms with van der Waals surface area (Å²) in [5.74, 6) is 0.649. The number of nitrogen functional groups attached to an aromatic ring is 1. The van der Waals surface area contributed by atoms with Gasteiger partial charge in [0, 0.05) is 25.0 Å². The quantitative estimate of drug-likeness (QED) is 0.809. The third-order valence-corrected chi connectivity index (χ3v) is 3.62. The summed E-state index contributed by atoms with van der Waals surface area (Å²) in [6.45, 7) is 1.44. The molecular weight excluding hydrogens is 260 g/mol. The number of rotatable bonds is 1. The summed E-state index contributed by atoms with van der Waals surface area (Å²) in [5, 5.41) is 9.41. The van der Waals surface area contributed by atoms with E-state index in [0.717, 1.165) is 12.2 Å². The largest absolute Gasteiger partial charge is 0.399 e. The first kappa shape index (κ1) is 11.8. The molecule has 1 aromatic heterocycles. The SMILES string of the molecule is N#Cc1ccnc(N2Cc3ccc(N)cc3C2)c1Cl. The molecule has 0 saturated carbocycles. The number of fused-ring (bicyclic) bond motifs is 1. The van der Waals surface area contributed by atoms with Crippen molar-refractivity contribution in [3.8, 4) is 6.07 Å². The van der Waals surface area contributed by atoms with Crippen LogP contribution < -0.4 is 10.6 Å². The van der Waals surface area contributed by atoms with Crippen LogP contribution in [0.5, 0.6) is 0 Å². The Hall–Kier alpha value is -2.25. The van der Waals surface area contributed by atoms with E-state index < -0.39 is 0 Å². The fraction of sp³-hybridized carbons (Fsp3) is 0.143. The number of anilines is 2. The summed E-state index contributed by atoms with van der Waals surface area (Å²) in [6.07, 6.45) is 1.61. The molecule has 19 heavy (non-hydrogen) atoms. The van der Waals surface area contributed by atoms with Gasteiger partial charge < -0.3 is 10.6 Å². The summed E-state index contributed by atoms with van der Waals surface area (Å²) in [6, 6.07) is 9.57.